The van der Waals surface area contributed by atoms with Gasteiger partial charge in [-0.25, -0.2) is 0 Å². The van der Waals surface area contributed by atoms with Crippen LogP contribution in [0, 0.1) is 0 Å². The van der Waals surface area contributed by atoms with Crippen LogP contribution in [0.5, 0.6) is 0 Å². The van der Waals surface area contributed by atoms with Gasteiger partial charge in [-0.05, 0) is 46.1 Å². The number of hydrogen-bond donors (Lipinski definition) is 1. The molecule has 1 fully saturated rings. The Labute approximate surface area is 139 Å². The van der Waals surface area contributed by atoms with Gasteiger partial charge in [-0.3, -0.25) is 9.48 Å². The molecule has 0 aliphatic heterocycles. The van der Waals surface area contributed by atoms with Crippen molar-refractivity contribution in [2.45, 2.75) is 64.3 Å². The lowest BCUT2D eigenvalue weighted by molar-refractivity contribution is -0.142. The maximum Gasteiger partial charge on any atom is 0.435 e. The van der Waals surface area contributed by atoms with Gasteiger partial charge in [0.1, 0.15) is 6.04 Å². The van der Waals surface area contributed by atoms with E-state index in [-0.39, 0.29) is 17.9 Å². The van der Waals surface area contributed by atoms with E-state index in [9.17, 15) is 18.0 Å². The van der Waals surface area contributed by atoms with Gasteiger partial charge in [0.25, 0.3) is 0 Å². The normalized spacial score (nSPS) is 16.5. The Bertz CT molecular complexity index is 565. The van der Waals surface area contributed by atoms with Gasteiger partial charge in [0.2, 0.25) is 5.91 Å². The minimum Gasteiger partial charge on any atom is -0.379 e. The highest BCUT2D eigenvalue weighted by atomic mass is 19.4. The quantitative estimate of drug-likeness (QED) is 0.734. The number of alkyl halides is 3. The fourth-order valence-corrected chi connectivity index (χ4v) is 2.40. The minimum absolute atomic E-state index is 0.0725. The van der Waals surface area contributed by atoms with Gasteiger partial charge >= 0.3 is 6.18 Å². The lowest BCUT2D eigenvalue weighted by Gasteiger charge is -2.16. The van der Waals surface area contributed by atoms with Crippen molar-refractivity contribution < 1.29 is 22.7 Å². The number of aromatic nitrogens is 2. The molecular weight excluding hydrogens is 323 g/mol. The third-order valence-electron chi connectivity index (χ3n) is 3.87. The van der Waals surface area contributed by atoms with Crippen LogP contribution in [-0.2, 0) is 15.7 Å². The van der Waals surface area contributed by atoms with E-state index in [1.165, 1.54) is 4.68 Å². The second-order valence-corrected chi connectivity index (χ2v) is 6.41. The van der Waals surface area contributed by atoms with Crippen molar-refractivity contribution in [1.82, 2.24) is 15.1 Å². The van der Waals surface area contributed by atoms with E-state index in [4.69, 9.17) is 4.74 Å². The Morgan fingerprint density at radius 3 is 2.62 bits per heavy atom. The van der Waals surface area contributed by atoms with Crippen molar-refractivity contribution in [3.8, 4) is 0 Å². The fourth-order valence-electron chi connectivity index (χ4n) is 2.40. The molecule has 1 aromatic rings. The van der Waals surface area contributed by atoms with Crippen molar-refractivity contribution in [3.05, 3.63) is 17.5 Å². The maximum absolute atomic E-state index is 12.9. The molecule has 24 heavy (non-hydrogen) atoms. The van der Waals surface area contributed by atoms with Gasteiger partial charge in [-0.15, -0.1) is 0 Å². The van der Waals surface area contributed by atoms with Crippen molar-refractivity contribution in [2.75, 3.05) is 13.2 Å². The smallest absolute Gasteiger partial charge is 0.379 e. The summed E-state index contributed by atoms with van der Waals surface area (Å²) < 4.78 is 45.3. The van der Waals surface area contributed by atoms with E-state index in [1.54, 1.807) is 6.92 Å². The maximum atomic E-state index is 12.9. The first-order valence-electron chi connectivity index (χ1n) is 8.26. The van der Waals surface area contributed by atoms with Gasteiger partial charge < -0.3 is 10.1 Å². The molecule has 1 unspecified atom stereocenters. The summed E-state index contributed by atoms with van der Waals surface area (Å²) >= 11 is 0. The zero-order valence-corrected chi connectivity index (χ0v) is 14.2. The molecule has 2 rings (SSSR count). The van der Waals surface area contributed by atoms with E-state index in [1.807, 2.05) is 13.8 Å². The van der Waals surface area contributed by atoms with Crippen LogP contribution in [0.1, 0.15) is 63.4 Å². The monoisotopic (exact) mass is 347 g/mol. The molecule has 1 saturated carbocycles. The molecule has 0 aromatic carbocycles. The Kier molecular flexibility index (Phi) is 5.90. The number of nitrogens with zero attached hydrogens (tertiary/aromatic N) is 2. The van der Waals surface area contributed by atoms with Crippen molar-refractivity contribution in [2.24, 2.45) is 0 Å². The minimum atomic E-state index is -4.50. The largest absolute Gasteiger partial charge is 0.435 e. The van der Waals surface area contributed by atoms with E-state index in [0.29, 0.717) is 25.3 Å². The molecule has 136 valence electrons. The second-order valence-electron chi connectivity index (χ2n) is 6.41. The Balaban J connectivity index is 1.96. The number of hydrogen-bond acceptors (Lipinski definition) is 3. The first-order chi connectivity index (χ1) is 11.2. The number of amides is 1. The average molecular weight is 347 g/mol. The first-order valence-corrected chi connectivity index (χ1v) is 8.26. The van der Waals surface area contributed by atoms with E-state index in [2.05, 4.69) is 10.4 Å². The summed E-state index contributed by atoms with van der Waals surface area (Å²) in [4.78, 5) is 12.2. The van der Waals surface area contributed by atoms with Crippen LogP contribution in [0.4, 0.5) is 13.2 Å². The predicted molar refractivity (Wildman–Crippen MR) is 82.6 cm³/mol. The molecule has 1 amide bonds. The van der Waals surface area contributed by atoms with Gasteiger partial charge in [0.15, 0.2) is 5.69 Å². The molecule has 5 nitrogen and oxygen atoms in total. The van der Waals surface area contributed by atoms with Crippen LogP contribution in [0.15, 0.2) is 6.07 Å². The Morgan fingerprint density at radius 2 is 2.08 bits per heavy atom. The lowest BCUT2D eigenvalue weighted by atomic mass is 10.2. The Morgan fingerprint density at radius 1 is 1.42 bits per heavy atom. The van der Waals surface area contributed by atoms with Crippen LogP contribution in [0.25, 0.3) is 0 Å². The summed E-state index contributed by atoms with van der Waals surface area (Å²) in [6.07, 6.45) is -2.04. The highest BCUT2D eigenvalue weighted by Crippen LogP contribution is 2.42. The zero-order chi connectivity index (χ0) is 17.9. The molecule has 1 aliphatic carbocycles. The number of halogens is 3. The number of carbonyl (C=O) groups is 1. The van der Waals surface area contributed by atoms with Crippen LogP contribution >= 0.6 is 0 Å². The summed E-state index contributed by atoms with van der Waals surface area (Å²) in [6.45, 7) is 6.37. The third-order valence-corrected chi connectivity index (χ3v) is 3.87. The topological polar surface area (TPSA) is 56.1 Å². The fraction of sp³-hybridized carbons (Fsp3) is 0.750. The summed E-state index contributed by atoms with van der Waals surface area (Å²) in [5.41, 5.74) is -0.442. The van der Waals surface area contributed by atoms with Crippen molar-refractivity contribution in [1.29, 1.82) is 0 Å². The Hall–Kier alpha value is -1.57. The summed E-state index contributed by atoms with van der Waals surface area (Å²) in [5, 5.41) is 6.37. The SMILES string of the molecule is CC(C)OCCCNC(=O)C(C)n1nc(C(F)(F)F)cc1C1CC1. The summed E-state index contributed by atoms with van der Waals surface area (Å²) in [5.74, 6) is -0.262. The van der Waals surface area contributed by atoms with Crippen LogP contribution in [0.3, 0.4) is 0 Å². The number of ether oxygens (including phenoxy) is 1. The summed E-state index contributed by atoms with van der Waals surface area (Å²) in [7, 11) is 0. The molecule has 0 radical (unpaired) electrons. The van der Waals surface area contributed by atoms with Gasteiger partial charge in [-0.2, -0.15) is 18.3 Å². The zero-order valence-electron chi connectivity index (χ0n) is 14.2. The van der Waals surface area contributed by atoms with Crippen molar-refractivity contribution >= 4 is 5.91 Å². The molecule has 0 spiro atoms. The van der Waals surface area contributed by atoms with E-state index in [0.717, 1.165) is 18.9 Å². The number of rotatable bonds is 8. The highest BCUT2D eigenvalue weighted by Gasteiger charge is 2.39. The molecule has 1 heterocycles. The molecule has 1 N–H and O–H groups in total. The van der Waals surface area contributed by atoms with Crippen molar-refractivity contribution in [3.63, 3.8) is 0 Å². The lowest BCUT2D eigenvalue weighted by Crippen LogP contribution is -2.33. The second kappa shape index (κ2) is 7.55. The molecule has 1 aliphatic rings. The van der Waals surface area contributed by atoms with Gasteiger partial charge in [-0.1, -0.05) is 0 Å². The highest BCUT2D eigenvalue weighted by molar-refractivity contribution is 5.79. The number of nitrogens with one attached hydrogen (secondary N) is 1. The van der Waals surface area contributed by atoms with E-state index >= 15 is 0 Å². The predicted octanol–water partition coefficient (Wildman–Crippen LogP) is 3.27. The van der Waals surface area contributed by atoms with E-state index < -0.39 is 17.9 Å². The van der Waals surface area contributed by atoms with Gasteiger partial charge in [0.05, 0.1) is 6.10 Å². The molecule has 1 atom stereocenters. The molecular formula is C16H24F3N3O2. The molecule has 8 heteroatoms. The summed E-state index contributed by atoms with van der Waals surface area (Å²) in [6, 6.07) is 0.292. The van der Waals surface area contributed by atoms with Crippen LogP contribution in [-0.4, -0.2) is 34.9 Å². The standard InChI is InChI=1S/C16H24F3N3O2/c1-10(2)24-8-4-7-20-15(23)11(3)22-13(12-5-6-12)9-14(21-22)16(17,18)19/h9-12H,4-8H2,1-3H3,(H,20,23). The third kappa shape index (κ3) is 4.96. The van der Waals surface area contributed by atoms with Crippen LogP contribution in [0.2, 0.25) is 0 Å². The number of carbonyl (C=O) groups excluding carboxylic acids is 1. The first kappa shape index (κ1) is 18.8. The van der Waals surface area contributed by atoms with Crippen LogP contribution < -0.4 is 5.32 Å². The average Bonchev–Trinajstić information content (AvgIpc) is 3.22. The molecule has 1 aromatic heterocycles. The molecule has 0 bridgehead atoms. The molecule has 0 saturated heterocycles. The van der Waals surface area contributed by atoms with Gasteiger partial charge in [0, 0.05) is 24.8 Å².